The van der Waals surface area contributed by atoms with Crippen molar-refractivity contribution in [2.24, 2.45) is 5.92 Å². The molecule has 0 fully saturated rings. The Morgan fingerprint density at radius 2 is 1.94 bits per heavy atom. The van der Waals surface area contributed by atoms with Gasteiger partial charge in [-0.15, -0.1) is 0 Å². The van der Waals surface area contributed by atoms with Crippen molar-refractivity contribution in [2.45, 2.75) is 26.1 Å². The number of amides is 1. The summed E-state index contributed by atoms with van der Waals surface area (Å²) in [7, 11) is 1.53. The van der Waals surface area contributed by atoms with E-state index in [-0.39, 0.29) is 18.5 Å². The Kier molecular flexibility index (Phi) is 7.13. The zero-order chi connectivity index (χ0) is 13.5. The Bertz CT molecular complexity index is 232. The second kappa shape index (κ2) is 7.50. The maximum absolute atomic E-state index is 11.8. The van der Waals surface area contributed by atoms with Crippen LogP contribution in [0.25, 0.3) is 0 Å². The molecule has 1 unspecified atom stereocenters. The first-order valence-electron chi connectivity index (χ1n) is 5.32. The van der Waals surface area contributed by atoms with Crippen LogP contribution in [0, 0.1) is 5.92 Å². The molecule has 102 valence electrons. The number of methoxy groups -OCH3 is 1. The molecule has 0 heterocycles. The molecule has 0 rings (SSSR count). The minimum atomic E-state index is -4.38. The van der Waals surface area contributed by atoms with Crippen LogP contribution in [0.5, 0.6) is 0 Å². The van der Waals surface area contributed by atoms with Crippen molar-refractivity contribution < 1.29 is 22.7 Å². The summed E-state index contributed by atoms with van der Waals surface area (Å²) in [6.45, 7) is 2.82. The van der Waals surface area contributed by atoms with Crippen molar-refractivity contribution in [1.82, 2.24) is 10.6 Å². The van der Waals surface area contributed by atoms with E-state index in [2.05, 4.69) is 5.32 Å². The highest BCUT2D eigenvalue weighted by Crippen LogP contribution is 2.11. The first kappa shape index (κ1) is 16.2. The Morgan fingerprint density at radius 3 is 2.35 bits per heavy atom. The second-order valence-electron chi connectivity index (χ2n) is 4.08. The maximum Gasteiger partial charge on any atom is 0.405 e. The highest BCUT2D eigenvalue weighted by atomic mass is 19.4. The summed E-state index contributed by atoms with van der Waals surface area (Å²) in [4.78, 5) is 11.1. The quantitative estimate of drug-likeness (QED) is 0.712. The molecule has 4 nitrogen and oxygen atoms in total. The van der Waals surface area contributed by atoms with Crippen molar-refractivity contribution >= 4 is 5.91 Å². The summed E-state index contributed by atoms with van der Waals surface area (Å²) >= 11 is 0. The number of ether oxygens (including phenoxy) is 1. The third-order valence-corrected chi connectivity index (χ3v) is 2.16. The van der Waals surface area contributed by atoms with E-state index >= 15 is 0 Å². The second-order valence-corrected chi connectivity index (χ2v) is 4.08. The van der Waals surface area contributed by atoms with Gasteiger partial charge < -0.3 is 15.4 Å². The van der Waals surface area contributed by atoms with E-state index in [0.29, 0.717) is 6.61 Å². The first-order chi connectivity index (χ1) is 7.76. The van der Waals surface area contributed by atoms with E-state index in [1.165, 1.54) is 7.11 Å². The average molecular weight is 256 g/mol. The zero-order valence-electron chi connectivity index (χ0n) is 10.2. The molecular formula is C10H19F3N2O2. The fourth-order valence-electron chi connectivity index (χ4n) is 1.15. The van der Waals surface area contributed by atoms with Gasteiger partial charge in [0.05, 0.1) is 13.2 Å². The Hall–Kier alpha value is -0.820. The molecule has 0 aliphatic rings. The van der Waals surface area contributed by atoms with Crippen molar-refractivity contribution in [1.29, 1.82) is 0 Å². The molecule has 0 spiro atoms. The molecule has 0 saturated carbocycles. The summed E-state index contributed by atoms with van der Waals surface area (Å²) in [6.07, 6.45) is -4.38. The van der Waals surface area contributed by atoms with Gasteiger partial charge in [-0.3, -0.25) is 4.79 Å². The van der Waals surface area contributed by atoms with Crippen LogP contribution in [0.4, 0.5) is 13.2 Å². The van der Waals surface area contributed by atoms with Gasteiger partial charge in [-0.2, -0.15) is 13.2 Å². The van der Waals surface area contributed by atoms with E-state index in [1.54, 1.807) is 5.32 Å². The lowest BCUT2D eigenvalue weighted by molar-refractivity contribution is -0.138. The highest BCUT2D eigenvalue weighted by Gasteiger charge is 2.27. The van der Waals surface area contributed by atoms with Crippen molar-refractivity contribution in [2.75, 3.05) is 26.8 Å². The minimum absolute atomic E-state index is 0.0587. The molecule has 0 aliphatic carbocycles. The Morgan fingerprint density at radius 1 is 1.35 bits per heavy atom. The molecule has 0 saturated heterocycles. The number of alkyl halides is 3. The van der Waals surface area contributed by atoms with Gasteiger partial charge in [-0.25, -0.2) is 0 Å². The average Bonchev–Trinajstić information content (AvgIpc) is 2.19. The lowest BCUT2D eigenvalue weighted by Crippen LogP contribution is -2.45. The van der Waals surface area contributed by atoms with Gasteiger partial charge >= 0.3 is 6.18 Å². The number of carbonyl (C=O) groups is 1. The number of nitrogens with one attached hydrogen (secondary N) is 2. The van der Waals surface area contributed by atoms with E-state index < -0.39 is 18.6 Å². The summed E-state index contributed by atoms with van der Waals surface area (Å²) in [6, 6.07) is -0.0587. The van der Waals surface area contributed by atoms with E-state index in [0.717, 1.165) is 0 Å². The van der Waals surface area contributed by atoms with Gasteiger partial charge in [0.15, 0.2) is 0 Å². The third kappa shape index (κ3) is 8.93. The van der Waals surface area contributed by atoms with Crippen LogP contribution in [0.2, 0.25) is 0 Å². The first-order valence-corrected chi connectivity index (χ1v) is 5.32. The molecule has 0 aromatic rings. The molecule has 2 N–H and O–H groups in total. The normalized spacial score (nSPS) is 13.8. The molecule has 0 aromatic carbocycles. The zero-order valence-corrected chi connectivity index (χ0v) is 10.2. The summed E-state index contributed by atoms with van der Waals surface area (Å²) < 4.78 is 40.4. The molecule has 0 aliphatic heterocycles. The number of halogens is 3. The van der Waals surface area contributed by atoms with Crippen LogP contribution in [0.3, 0.4) is 0 Å². The van der Waals surface area contributed by atoms with Crippen LogP contribution >= 0.6 is 0 Å². The van der Waals surface area contributed by atoms with E-state index in [9.17, 15) is 18.0 Å². The number of hydrogen-bond acceptors (Lipinski definition) is 3. The Balaban J connectivity index is 3.88. The number of carbonyl (C=O) groups excluding carboxylic acids is 1. The molecule has 0 aromatic heterocycles. The summed E-state index contributed by atoms with van der Waals surface area (Å²) in [5.74, 6) is -0.450. The van der Waals surface area contributed by atoms with Gasteiger partial charge in [0.25, 0.3) is 0 Å². The minimum Gasteiger partial charge on any atom is -0.383 e. The van der Waals surface area contributed by atoms with Gasteiger partial charge in [0.1, 0.15) is 6.54 Å². The molecule has 17 heavy (non-hydrogen) atoms. The standard InChI is InChI=1S/C10H19F3N2O2/c1-7(2)8(5-17-3)14-4-9(16)15-6-10(11,12)13/h7-8,14H,4-6H2,1-3H3,(H,15,16). The predicted octanol–water partition coefficient (Wildman–Crippen LogP) is 0.925. The molecule has 1 atom stereocenters. The predicted molar refractivity (Wildman–Crippen MR) is 57.6 cm³/mol. The van der Waals surface area contributed by atoms with Crippen molar-refractivity contribution in [3.63, 3.8) is 0 Å². The fraction of sp³-hybridized carbons (Fsp3) is 0.900. The van der Waals surface area contributed by atoms with Gasteiger partial charge in [-0.05, 0) is 5.92 Å². The van der Waals surface area contributed by atoms with Gasteiger partial charge in [0.2, 0.25) is 5.91 Å². The summed E-state index contributed by atoms with van der Waals surface area (Å²) in [5.41, 5.74) is 0. The molecule has 1 amide bonds. The lowest BCUT2D eigenvalue weighted by Gasteiger charge is -2.21. The van der Waals surface area contributed by atoms with Crippen LogP contribution in [0.15, 0.2) is 0 Å². The van der Waals surface area contributed by atoms with Crippen LogP contribution in [0.1, 0.15) is 13.8 Å². The van der Waals surface area contributed by atoms with Crippen molar-refractivity contribution in [3.05, 3.63) is 0 Å². The van der Waals surface area contributed by atoms with E-state index in [4.69, 9.17) is 4.74 Å². The van der Waals surface area contributed by atoms with Gasteiger partial charge in [-0.1, -0.05) is 13.8 Å². The van der Waals surface area contributed by atoms with E-state index in [1.807, 2.05) is 13.8 Å². The van der Waals surface area contributed by atoms with Crippen LogP contribution < -0.4 is 10.6 Å². The van der Waals surface area contributed by atoms with Crippen LogP contribution in [-0.2, 0) is 9.53 Å². The monoisotopic (exact) mass is 256 g/mol. The largest absolute Gasteiger partial charge is 0.405 e. The maximum atomic E-state index is 11.8. The third-order valence-electron chi connectivity index (χ3n) is 2.16. The van der Waals surface area contributed by atoms with Gasteiger partial charge in [0, 0.05) is 13.2 Å². The van der Waals surface area contributed by atoms with Crippen molar-refractivity contribution in [3.8, 4) is 0 Å². The molecule has 7 heteroatoms. The number of hydrogen-bond donors (Lipinski definition) is 2. The Labute approximate surface area is 98.9 Å². The lowest BCUT2D eigenvalue weighted by atomic mass is 10.1. The molecule has 0 bridgehead atoms. The topological polar surface area (TPSA) is 50.4 Å². The molecular weight excluding hydrogens is 237 g/mol. The molecule has 0 radical (unpaired) electrons. The fourth-order valence-corrected chi connectivity index (χ4v) is 1.15. The smallest absolute Gasteiger partial charge is 0.383 e. The highest BCUT2D eigenvalue weighted by molar-refractivity contribution is 5.78. The van der Waals surface area contributed by atoms with Crippen LogP contribution in [-0.4, -0.2) is 44.9 Å². The number of rotatable bonds is 7. The summed E-state index contributed by atoms with van der Waals surface area (Å²) in [5, 5.41) is 4.64. The SMILES string of the molecule is COCC(NCC(=O)NCC(F)(F)F)C(C)C.